The summed E-state index contributed by atoms with van der Waals surface area (Å²) in [6.45, 7) is 6.77. The van der Waals surface area contributed by atoms with Crippen molar-refractivity contribution in [2.75, 3.05) is 40.9 Å². The molecule has 0 aliphatic rings. The van der Waals surface area contributed by atoms with Crippen LogP contribution in [0.1, 0.15) is 245 Å². The van der Waals surface area contributed by atoms with Gasteiger partial charge in [0.15, 0.2) is 0 Å². The molecule has 1 amide bonds. The summed E-state index contributed by atoms with van der Waals surface area (Å²) in [5, 5.41) is 3.00. The predicted molar refractivity (Wildman–Crippen MR) is 289 cm³/mol. The van der Waals surface area contributed by atoms with E-state index in [1.807, 2.05) is 33.3 Å². The number of carbonyl (C=O) groups is 2. The summed E-state index contributed by atoms with van der Waals surface area (Å²) in [6.07, 6.45) is 59.0. The Morgan fingerprint density at radius 2 is 0.912 bits per heavy atom. The first-order valence-corrected chi connectivity index (χ1v) is 29.6. The van der Waals surface area contributed by atoms with Gasteiger partial charge in [-0.05, 0) is 70.3 Å². The lowest BCUT2D eigenvalue weighted by atomic mass is 10.0. The van der Waals surface area contributed by atoms with Crippen molar-refractivity contribution in [1.82, 2.24) is 5.32 Å². The molecule has 0 aromatic heterocycles. The lowest BCUT2D eigenvalue weighted by molar-refractivity contribution is -0.870. The van der Waals surface area contributed by atoms with Gasteiger partial charge in [-0.1, -0.05) is 223 Å². The van der Waals surface area contributed by atoms with Crippen molar-refractivity contribution < 1.29 is 37.3 Å². The van der Waals surface area contributed by atoms with E-state index in [1.54, 1.807) is 0 Å². The molecule has 3 atom stereocenters. The Balaban J connectivity index is 5.43. The number of hydrogen-bond acceptors (Lipinski definition) is 7. The monoisotopic (exact) mass is 975 g/mol. The molecule has 0 rings (SSSR count). The average molecular weight is 975 g/mol. The molecule has 396 valence electrons. The van der Waals surface area contributed by atoms with Crippen molar-refractivity contribution in [3.8, 4) is 0 Å². The highest BCUT2D eigenvalue weighted by atomic mass is 31.2. The van der Waals surface area contributed by atoms with Crippen LogP contribution in [-0.4, -0.2) is 69.4 Å². The van der Waals surface area contributed by atoms with E-state index in [0.717, 1.165) is 64.2 Å². The quantitative estimate of drug-likeness (QED) is 0.0212. The molecule has 0 aromatic carbocycles. The normalized spacial score (nSPS) is 14.3. The summed E-state index contributed by atoms with van der Waals surface area (Å²) in [5.74, 6) is -0.604. The summed E-state index contributed by atoms with van der Waals surface area (Å²) >= 11 is 0. The minimum Gasteiger partial charge on any atom is -0.756 e. The summed E-state index contributed by atoms with van der Waals surface area (Å²) in [7, 11) is 1.16. The molecular weight excluding hydrogens is 868 g/mol. The summed E-state index contributed by atoms with van der Waals surface area (Å²) in [5.41, 5.74) is 0. The Morgan fingerprint density at radius 3 is 1.40 bits per heavy atom. The van der Waals surface area contributed by atoms with E-state index in [4.69, 9.17) is 13.8 Å². The Bertz CT molecular complexity index is 1350. The molecule has 0 aliphatic carbocycles. The summed E-state index contributed by atoms with van der Waals surface area (Å²) in [4.78, 5) is 39.7. The first kappa shape index (κ1) is 65.7. The molecular formula is C58H107N2O7P. The third kappa shape index (κ3) is 48.7. The van der Waals surface area contributed by atoms with Gasteiger partial charge in [0, 0.05) is 12.8 Å². The molecule has 0 aliphatic heterocycles. The van der Waals surface area contributed by atoms with Gasteiger partial charge >= 0.3 is 5.97 Å². The van der Waals surface area contributed by atoms with Crippen LogP contribution in [0.15, 0.2) is 60.8 Å². The zero-order valence-corrected chi connectivity index (χ0v) is 45.9. The topological polar surface area (TPSA) is 114 Å². The number of likely N-dealkylation sites (N-methyl/N-ethyl adjacent to an activating group) is 1. The number of unbranched alkanes of at least 4 members (excludes halogenated alkanes) is 26. The molecule has 0 radical (unpaired) electrons. The van der Waals surface area contributed by atoms with E-state index in [2.05, 4.69) is 74.7 Å². The molecule has 0 saturated carbocycles. The maximum Gasteiger partial charge on any atom is 0.306 e. The van der Waals surface area contributed by atoms with Crippen LogP contribution in [0, 0.1) is 0 Å². The van der Waals surface area contributed by atoms with Crippen molar-refractivity contribution in [3.63, 3.8) is 0 Å². The standard InChI is InChI=1S/C58H107N2O7P/c1-7-10-13-16-19-22-25-27-29-30-31-33-36-39-42-45-48-51-58(62)67-56(49-46-43-40-37-34-24-21-18-15-12-9-3)55(54-66-68(63,64)65-53-52-60(4,5)6)59-57(61)50-47-44-41-38-35-32-28-26-23-20-17-14-11-8-2/h19,22,27,29,31,33,39,42,46,49,55-56H,7-18,20-21,23-26,28,30,32,34-38,40-41,43-45,47-48,50-54H2,1-6H3,(H-,59,61,63,64)/b22-19-,29-27-,33-31-,42-39-,49-46+. The van der Waals surface area contributed by atoms with Crippen LogP contribution < -0.4 is 10.2 Å². The molecule has 1 N–H and O–H groups in total. The maximum atomic E-state index is 13.4. The second kappa shape index (κ2) is 48.3. The number of phosphoric ester groups is 1. The summed E-state index contributed by atoms with van der Waals surface area (Å²) < 4.78 is 30.1. The molecule has 0 spiro atoms. The number of esters is 1. The fourth-order valence-corrected chi connectivity index (χ4v) is 8.53. The molecule has 68 heavy (non-hydrogen) atoms. The van der Waals surface area contributed by atoms with Gasteiger partial charge < -0.3 is 28.5 Å². The number of phosphoric acid groups is 1. The highest BCUT2D eigenvalue weighted by Gasteiger charge is 2.27. The number of nitrogens with zero attached hydrogens (tertiary/aromatic N) is 1. The van der Waals surface area contributed by atoms with Crippen LogP contribution in [0.2, 0.25) is 0 Å². The number of quaternary nitrogens is 1. The molecule has 3 unspecified atom stereocenters. The number of amides is 1. The van der Waals surface area contributed by atoms with Crippen LogP contribution in [0.4, 0.5) is 0 Å². The Hall–Kier alpha value is -2.29. The van der Waals surface area contributed by atoms with Crippen molar-refractivity contribution in [1.29, 1.82) is 0 Å². The molecule has 0 aromatic rings. The third-order valence-corrected chi connectivity index (χ3v) is 13.2. The van der Waals surface area contributed by atoms with E-state index in [0.29, 0.717) is 23.9 Å². The van der Waals surface area contributed by atoms with Crippen molar-refractivity contribution in [2.24, 2.45) is 0 Å². The lowest BCUT2D eigenvalue weighted by Crippen LogP contribution is -2.47. The van der Waals surface area contributed by atoms with E-state index < -0.39 is 32.5 Å². The minimum atomic E-state index is -4.70. The second-order valence-electron chi connectivity index (χ2n) is 20.1. The fraction of sp³-hybridized carbons (Fsp3) is 0.793. The molecule has 0 heterocycles. The first-order valence-electron chi connectivity index (χ1n) is 28.1. The second-order valence-corrected chi connectivity index (χ2v) is 21.5. The van der Waals surface area contributed by atoms with Gasteiger partial charge in [0.05, 0.1) is 33.8 Å². The molecule has 0 bridgehead atoms. The smallest absolute Gasteiger partial charge is 0.306 e. The minimum absolute atomic E-state index is 0.0308. The number of allylic oxidation sites excluding steroid dienone is 9. The summed E-state index contributed by atoms with van der Waals surface area (Å²) in [6, 6.07) is -0.907. The fourth-order valence-electron chi connectivity index (χ4n) is 7.81. The van der Waals surface area contributed by atoms with Crippen molar-refractivity contribution >= 4 is 19.7 Å². The van der Waals surface area contributed by atoms with Gasteiger partial charge in [-0.15, -0.1) is 0 Å². The highest BCUT2D eigenvalue weighted by molar-refractivity contribution is 7.45. The molecule has 9 nitrogen and oxygen atoms in total. The van der Waals surface area contributed by atoms with Crippen LogP contribution >= 0.6 is 7.82 Å². The third-order valence-electron chi connectivity index (χ3n) is 12.2. The van der Waals surface area contributed by atoms with Gasteiger partial charge in [0.25, 0.3) is 7.82 Å². The highest BCUT2D eigenvalue weighted by Crippen LogP contribution is 2.38. The first-order chi connectivity index (χ1) is 32.9. The number of nitrogens with one attached hydrogen (secondary N) is 1. The van der Waals surface area contributed by atoms with Crippen molar-refractivity contribution in [3.05, 3.63) is 60.8 Å². The van der Waals surface area contributed by atoms with E-state index >= 15 is 0 Å². The van der Waals surface area contributed by atoms with Crippen LogP contribution in [0.3, 0.4) is 0 Å². The predicted octanol–water partition coefficient (Wildman–Crippen LogP) is 16.1. The Kier molecular flexibility index (Phi) is 46.7. The SMILES string of the molecule is CCCCC/C=C\C/C=C\C/C=C\C/C=C\CCCC(=O)OC(/C=C/CCCCCCCCCCC)C(COP(=O)([O-])OCC[N+](C)(C)C)NC(=O)CCCCCCCCCCCCCCCC. The Morgan fingerprint density at radius 1 is 0.515 bits per heavy atom. The number of rotatable bonds is 50. The van der Waals surface area contributed by atoms with Crippen LogP contribution in [0.5, 0.6) is 0 Å². The average Bonchev–Trinajstić information content (AvgIpc) is 3.29. The van der Waals surface area contributed by atoms with Gasteiger partial charge in [-0.3, -0.25) is 14.2 Å². The molecule has 0 saturated heterocycles. The zero-order valence-electron chi connectivity index (χ0n) is 45.1. The van der Waals surface area contributed by atoms with Gasteiger partial charge in [0.2, 0.25) is 5.91 Å². The van der Waals surface area contributed by atoms with E-state index in [9.17, 15) is 19.0 Å². The number of carbonyl (C=O) groups excluding carboxylic acids is 2. The molecule has 0 fully saturated rings. The van der Waals surface area contributed by atoms with Crippen molar-refractivity contribution in [2.45, 2.75) is 258 Å². The number of ether oxygens (including phenoxy) is 1. The van der Waals surface area contributed by atoms with Crippen LogP contribution in [0.25, 0.3) is 0 Å². The Labute approximate surface area is 420 Å². The van der Waals surface area contributed by atoms with E-state index in [1.165, 1.54) is 141 Å². The lowest BCUT2D eigenvalue weighted by Gasteiger charge is -2.30. The van der Waals surface area contributed by atoms with Gasteiger partial charge in [0.1, 0.15) is 19.3 Å². The molecule has 10 heteroatoms. The van der Waals surface area contributed by atoms with Gasteiger partial charge in [-0.2, -0.15) is 0 Å². The van der Waals surface area contributed by atoms with Gasteiger partial charge in [-0.25, -0.2) is 0 Å². The van der Waals surface area contributed by atoms with E-state index in [-0.39, 0.29) is 18.9 Å². The zero-order chi connectivity index (χ0) is 50.1. The largest absolute Gasteiger partial charge is 0.756 e. The van der Waals surface area contributed by atoms with Crippen LogP contribution in [-0.2, 0) is 27.9 Å². The maximum absolute atomic E-state index is 13.4. The number of hydrogen-bond donors (Lipinski definition) is 1.